The lowest BCUT2D eigenvalue weighted by Gasteiger charge is -2.17. The number of halogens is 4. The smallest absolute Gasteiger partial charge is 0.396 e. The molecule has 0 saturated heterocycles. The van der Waals surface area contributed by atoms with Gasteiger partial charge in [-0.25, -0.2) is 5.43 Å². The van der Waals surface area contributed by atoms with Crippen molar-refractivity contribution < 1.29 is 18.3 Å². The maximum Gasteiger partial charge on any atom is 0.405 e. The van der Waals surface area contributed by atoms with E-state index in [-0.39, 0.29) is 12.4 Å². The van der Waals surface area contributed by atoms with Crippen LogP contribution in [0.2, 0.25) is 0 Å². The van der Waals surface area contributed by atoms with Crippen LogP contribution in [0.15, 0.2) is 0 Å². The molecule has 0 radical (unpaired) electrons. The van der Waals surface area contributed by atoms with E-state index in [2.05, 4.69) is 5.84 Å². The molecule has 0 bridgehead atoms. The summed E-state index contributed by atoms with van der Waals surface area (Å²) < 4.78 is 35.0. The van der Waals surface area contributed by atoms with Crippen LogP contribution in [0.5, 0.6) is 0 Å². The summed E-state index contributed by atoms with van der Waals surface area (Å²) in [6, 6.07) is -1.81. The standard InChI is InChI=1S/C4H9F3N2O.ClH/c5-4(6,7)3(9-8)1-2-10;/h3,9-10H,1-2,8H2;1H/t3-;/m1./s1. The molecule has 0 aromatic heterocycles. The molecular formula is C4H10ClF3N2O. The summed E-state index contributed by atoms with van der Waals surface area (Å²) in [4.78, 5) is 0. The third-order valence-electron chi connectivity index (χ3n) is 1.01. The summed E-state index contributed by atoms with van der Waals surface area (Å²) in [5, 5.41) is 8.14. The SMILES string of the molecule is Cl.NN[C@H](CCO)C(F)(F)F. The second-order valence-electron chi connectivity index (χ2n) is 1.77. The monoisotopic (exact) mass is 194 g/mol. The van der Waals surface area contributed by atoms with Gasteiger partial charge in [0.05, 0.1) is 0 Å². The molecule has 70 valence electrons. The van der Waals surface area contributed by atoms with Crippen molar-refractivity contribution in [2.24, 2.45) is 5.84 Å². The van der Waals surface area contributed by atoms with Crippen molar-refractivity contribution in [2.75, 3.05) is 6.61 Å². The van der Waals surface area contributed by atoms with Crippen LogP contribution in [-0.4, -0.2) is 23.9 Å². The molecule has 0 saturated carbocycles. The number of nitrogens with one attached hydrogen (secondary N) is 1. The van der Waals surface area contributed by atoms with Crippen molar-refractivity contribution in [3.8, 4) is 0 Å². The highest BCUT2D eigenvalue weighted by atomic mass is 35.5. The third kappa shape index (κ3) is 5.25. The Bertz CT molecular complexity index is 99.8. The molecule has 0 aromatic carbocycles. The summed E-state index contributed by atoms with van der Waals surface area (Å²) >= 11 is 0. The van der Waals surface area contributed by atoms with E-state index < -0.39 is 25.2 Å². The van der Waals surface area contributed by atoms with E-state index in [1.807, 2.05) is 0 Å². The minimum Gasteiger partial charge on any atom is -0.396 e. The Morgan fingerprint density at radius 2 is 1.91 bits per heavy atom. The lowest BCUT2D eigenvalue weighted by Crippen LogP contribution is -2.46. The molecule has 4 N–H and O–H groups in total. The minimum atomic E-state index is -4.38. The molecular weight excluding hydrogens is 185 g/mol. The molecule has 0 spiro atoms. The van der Waals surface area contributed by atoms with Gasteiger partial charge in [0.15, 0.2) is 0 Å². The number of aliphatic hydroxyl groups excluding tert-OH is 1. The summed E-state index contributed by atoms with van der Waals surface area (Å²) in [7, 11) is 0. The van der Waals surface area contributed by atoms with Gasteiger partial charge in [0.25, 0.3) is 0 Å². The van der Waals surface area contributed by atoms with E-state index in [9.17, 15) is 13.2 Å². The lowest BCUT2D eigenvalue weighted by molar-refractivity contribution is -0.159. The molecule has 0 fully saturated rings. The quantitative estimate of drug-likeness (QED) is 0.444. The molecule has 0 aliphatic carbocycles. The van der Waals surface area contributed by atoms with Crippen LogP contribution in [0.4, 0.5) is 13.2 Å². The molecule has 1 atom stereocenters. The second kappa shape index (κ2) is 5.59. The van der Waals surface area contributed by atoms with Crippen molar-refractivity contribution in [1.82, 2.24) is 5.43 Å². The maximum absolute atomic E-state index is 11.7. The molecule has 3 nitrogen and oxygen atoms in total. The lowest BCUT2D eigenvalue weighted by atomic mass is 10.2. The Morgan fingerprint density at radius 3 is 2.00 bits per heavy atom. The molecule has 0 unspecified atom stereocenters. The highest BCUT2D eigenvalue weighted by molar-refractivity contribution is 5.85. The van der Waals surface area contributed by atoms with Crippen molar-refractivity contribution >= 4 is 12.4 Å². The van der Waals surface area contributed by atoms with Gasteiger partial charge in [-0.1, -0.05) is 0 Å². The van der Waals surface area contributed by atoms with Gasteiger partial charge in [0.1, 0.15) is 6.04 Å². The molecule has 0 amide bonds. The molecule has 7 heteroatoms. The Kier molecular flexibility index (Phi) is 6.88. The number of aliphatic hydroxyl groups is 1. The van der Waals surface area contributed by atoms with Crippen LogP contribution in [0.3, 0.4) is 0 Å². The molecule has 11 heavy (non-hydrogen) atoms. The van der Waals surface area contributed by atoms with Crippen LogP contribution in [-0.2, 0) is 0 Å². The van der Waals surface area contributed by atoms with Crippen molar-refractivity contribution in [3.05, 3.63) is 0 Å². The van der Waals surface area contributed by atoms with Crippen LogP contribution in [0.25, 0.3) is 0 Å². The number of hydrogen-bond donors (Lipinski definition) is 3. The van der Waals surface area contributed by atoms with E-state index in [0.29, 0.717) is 0 Å². The van der Waals surface area contributed by atoms with E-state index in [4.69, 9.17) is 5.11 Å². The maximum atomic E-state index is 11.7. The van der Waals surface area contributed by atoms with Gasteiger partial charge >= 0.3 is 6.18 Å². The number of nitrogens with two attached hydrogens (primary N) is 1. The normalized spacial score (nSPS) is 13.9. The summed E-state index contributed by atoms with van der Waals surface area (Å²) in [5.74, 6) is 4.56. The average Bonchev–Trinajstić information content (AvgIpc) is 1.80. The molecule has 0 aliphatic rings. The zero-order valence-electron chi connectivity index (χ0n) is 5.56. The zero-order valence-corrected chi connectivity index (χ0v) is 6.37. The predicted molar refractivity (Wildman–Crippen MR) is 36.1 cm³/mol. The van der Waals surface area contributed by atoms with Crippen LogP contribution in [0, 0.1) is 0 Å². The molecule has 0 aromatic rings. The first-order chi connectivity index (χ1) is 4.52. The van der Waals surface area contributed by atoms with E-state index in [1.54, 1.807) is 5.43 Å². The van der Waals surface area contributed by atoms with Crippen molar-refractivity contribution in [3.63, 3.8) is 0 Å². The number of rotatable bonds is 3. The van der Waals surface area contributed by atoms with Crippen LogP contribution < -0.4 is 11.3 Å². The largest absolute Gasteiger partial charge is 0.405 e. The Morgan fingerprint density at radius 1 is 1.45 bits per heavy atom. The Labute approximate surface area is 68.1 Å². The fourth-order valence-electron chi connectivity index (χ4n) is 0.471. The van der Waals surface area contributed by atoms with Crippen LogP contribution in [0.1, 0.15) is 6.42 Å². The van der Waals surface area contributed by atoms with Gasteiger partial charge in [-0.05, 0) is 6.42 Å². The topological polar surface area (TPSA) is 58.3 Å². The van der Waals surface area contributed by atoms with E-state index in [0.717, 1.165) is 0 Å². The van der Waals surface area contributed by atoms with Gasteiger partial charge in [-0.2, -0.15) is 13.2 Å². The summed E-state index contributed by atoms with van der Waals surface area (Å²) in [6.45, 7) is -0.533. The van der Waals surface area contributed by atoms with Crippen molar-refractivity contribution in [2.45, 2.75) is 18.6 Å². The van der Waals surface area contributed by atoms with E-state index >= 15 is 0 Å². The van der Waals surface area contributed by atoms with Gasteiger partial charge in [0, 0.05) is 6.61 Å². The van der Waals surface area contributed by atoms with E-state index in [1.165, 1.54) is 0 Å². The predicted octanol–water partition coefficient (Wildman–Crippen LogP) is 0.185. The zero-order chi connectivity index (χ0) is 8.20. The summed E-state index contributed by atoms with van der Waals surface area (Å²) in [5.41, 5.74) is 1.56. The highest BCUT2D eigenvalue weighted by Gasteiger charge is 2.38. The average molecular weight is 195 g/mol. The number of alkyl halides is 3. The number of hydrogen-bond acceptors (Lipinski definition) is 3. The third-order valence-corrected chi connectivity index (χ3v) is 1.01. The van der Waals surface area contributed by atoms with Gasteiger partial charge in [-0.15, -0.1) is 12.4 Å². The summed E-state index contributed by atoms with van der Waals surface area (Å²) in [6.07, 6.45) is -4.79. The van der Waals surface area contributed by atoms with Gasteiger partial charge in [-0.3, -0.25) is 5.84 Å². The molecule has 0 heterocycles. The Balaban J connectivity index is 0. The first-order valence-corrected chi connectivity index (χ1v) is 2.66. The first kappa shape index (κ1) is 13.5. The first-order valence-electron chi connectivity index (χ1n) is 2.66. The fourth-order valence-corrected chi connectivity index (χ4v) is 0.471. The second-order valence-corrected chi connectivity index (χ2v) is 1.77. The van der Waals surface area contributed by atoms with Crippen molar-refractivity contribution in [1.29, 1.82) is 0 Å². The van der Waals surface area contributed by atoms with Gasteiger partial charge in [0.2, 0.25) is 0 Å². The highest BCUT2D eigenvalue weighted by Crippen LogP contribution is 2.21. The Hall–Kier alpha value is -0.0400. The molecule has 0 rings (SSSR count). The van der Waals surface area contributed by atoms with Crippen LogP contribution >= 0.6 is 12.4 Å². The molecule has 0 aliphatic heterocycles. The fraction of sp³-hybridized carbons (Fsp3) is 1.00. The minimum absolute atomic E-state index is 0. The number of hydrazine groups is 1. The van der Waals surface area contributed by atoms with Gasteiger partial charge < -0.3 is 5.11 Å².